The summed E-state index contributed by atoms with van der Waals surface area (Å²) in [6, 6.07) is 2.73. The maximum atomic E-state index is 14.2. The predicted octanol–water partition coefficient (Wildman–Crippen LogP) is 6.89. The Hall–Kier alpha value is -2.98. The first kappa shape index (κ1) is 31.9. The van der Waals surface area contributed by atoms with E-state index in [-0.39, 0.29) is 48.6 Å². The largest absolute Gasteiger partial charge is 0.488 e. The van der Waals surface area contributed by atoms with E-state index in [1.165, 1.54) is 42.5 Å². The van der Waals surface area contributed by atoms with E-state index in [9.17, 15) is 22.8 Å². The van der Waals surface area contributed by atoms with Crippen LogP contribution in [0.25, 0.3) is 11.4 Å². The Kier molecular flexibility index (Phi) is 10.6. The molecule has 0 aliphatic heterocycles. The van der Waals surface area contributed by atoms with Gasteiger partial charge in [-0.15, -0.1) is 5.10 Å². The number of carbonyl (C=O) groups excluding carboxylic acids is 2. The molecule has 2 heterocycles. The number of rotatable bonds is 12. The maximum absolute atomic E-state index is 14.2. The van der Waals surface area contributed by atoms with Gasteiger partial charge in [-0.05, 0) is 69.9 Å². The Bertz CT molecular complexity index is 1220. The molecule has 0 radical (unpaired) electrons. The SMILES string of the molecule is CC(C)OC(=O)[C@H]1CCC[C@H](Oc2ccc(-c3c(CCC(=O)CCC(C)C4CCCC4)nnn3C)nc2C(F)(F)F)C1. The fraction of sp³-hybridized carbons (Fsp3) is 0.710. The quantitative estimate of drug-likeness (QED) is 0.248. The molecule has 2 aromatic heterocycles. The van der Waals surface area contributed by atoms with Crippen molar-refractivity contribution in [3.63, 3.8) is 0 Å². The smallest absolute Gasteiger partial charge is 0.437 e. The molecule has 2 saturated carbocycles. The van der Waals surface area contributed by atoms with Crippen LogP contribution in [0.3, 0.4) is 0 Å². The lowest BCUT2D eigenvalue weighted by molar-refractivity contribution is -0.155. The lowest BCUT2D eigenvalue weighted by atomic mass is 9.87. The van der Waals surface area contributed by atoms with E-state index in [1.54, 1.807) is 20.9 Å². The molecule has 3 atom stereocenters. The second-order valence-corrected chi connectivity index (χ2v) is 12.2. The molecule has 2 fully saturated rings. The van der Waals surface area contributed by atoms with Crippen molar-refractivity contribution in [1.82, 2.24) is 20.0 Å². The van der Waals surface area contributed by atoms with Gasteiger partial charge in [0.2, 0.25) is 0 Å². The van der Waals surface area contributed by atoms with E-state index in [1.807, 2.05) is 0 Å². The summed E-state index contributed by atoms with van der Waals surface area (Å²) in [5, 5.41) is 8.15. The Morgan fingerprint density at radius 1 is 1.05 bits per heavy atom. The van der Waals surface area contributed by atoms with Crippen molar-refractivity contribution >= 4 is 11.8 Å². The summed E-state index contributed by atoms with van der Waals surface area (Å²) in [5.41, 5.74) is -0.311. The van der Waals surface area contributed by atoms with Gasteiger partial charge in [0.15, 0.2) is 11.4 Å². The van der Waals surface area contributed by atoms with Gasteiger partial charge >= 0.3 is 12.1 Å². The highest BCUT2D eigenvalue weighted by Crippen LogP contribution is 2.39. The molecule has 0 N–H and O–H groups in total. The molecule has 0 bridgehead atoms. The Labute approximate surface area is 245 Å². The molecule has 0 saturated heterocycles. The number of nitrogens with zero attached hydrogens (tertiary/aromatic N) is 4. The Balaban J connectivity index is 1.44. The monoisotopic (exact) mass is 592 g/mol. The fourth-order valence-corrected chi connectivity index (χ4v) is 6.27. The number of alkyl halides is 3. The molecule has 1 unspecified atom stereocenters. The minimum atomic E-state index is -4.77. The van der Waals surface area contributed by atoms with Gasteiger partial charge in [0, 0.05) is 26.3 Å². The summed E-state index contributed by atoms with van der Waals surface area (Å²) in [6.45, 7) is 5.74. The van der Waals surface area contributed by atoms with E-state index in [0.717, 1.165) is 6.42 Å². The summed E-state index contributed by atoms with van der Waals surface area (Å²) in [7, 11) is 1.59. The number of aromatic nitrogens is 4. The molecular formula is C31H43F3N4O4. The number of halogens is 3. The normalized spacial score (nSPS) is 20.6. The maximum Gasteiger partial charge on any atom is 0.437 e. The number of carbonyl (C=O) groups is 2. The molecule has 2 aliphatic carbocycles. The van der Waals surface area contributed by atoms with Crippen LogP contribution in [0.4, 0.5) is 13.2 Å². The van der Waals surface area contributed by atoms with Crippen LogP contribution in [0.15, 0.2) is 12.1 Å². The highest BCUT2D eigenvalue weighted by Gasteiger charge is 2.39. The van der Waals surface area contributed by atoms with Crippen LogP contribution in [-0.2, 0) is 34.0 Å². The topological polar surface area (TPSA) is 96.2 Å². The first-order chi connectivity index (χ1) is 19.9. The van der Waals surface area contributed by atoms with Crippen LogP contribution < -0.4 is 4.74 Å². The number of hydrogen-bond acceptors (Lipinski definition) is 7. The molecule has 8 nitrogen and oxygen atoms in total. The summed E-state index contributed by atoms with van der Waals surface area (Å²) < 4.78 is 55.1. The lowest BCUT2D eigenvalue weighted by Gasteiger charge is -2.29. The predicted molar refractivity (Wildman–Crippen MR) is 151 cm³/mol. The highest BCUT2D eigenvalue weighted by molar-refractivity contribution is 5.78. The summed E-state index contributed by atoms with van der Waals surface area (Å²) in [5.74, 6) is 0.198. The molecule has 0 aromatic carbocycles. The zero-order valence-electron chi connectivity index (χ0n) is 25.1. The molecule has 42 heavy (non-hydrogen) atoms. The molecule has 11 heteroatoms. The van der Waals surface area contributed by atoms with Crippen LogP contribution in [0, 0.1) is 17.8 Å². The van der Waals surface area contributed by atoms with Gasteiger partial charge in [0.05, 0.1) is 29.5 Å². The third kappa shape index (κ3) is 8.31. The zero-order valence-corrected chi connectivity index (χ0v) is 25.1. The van der Waals surface area contributed by atoms with Crippen LogP contribution in [0.1, 0.15) is 103 Å². The van der Waals surface area contributed by atoms with Crippen molar-refractivity contribution in [3.8, 4) is 17.1 Å². The highest BCUT2D eigenvalue weighted by atomic mass is 19.4. The standard InChI is InChI=1S/C31H43F3N4O4/c1-19(2)41-30(40)22-10-7-11-24(18-22)42-27-17-16-25(35-29(27)31(32,33)34)28-26(36-37-38(28)4)15-14-23(39)13-12-20(3)21-8-5-6-9-21/h16-17,19-22,24H,5-15,18H2,1-4H3/t20?,22-,24-/m0/s1. The molecule has 0 spiro atoms. The van der Waals surface area contributed by atoms with Gasteiger partial charge in [-0.3, -0.25) is 9.59 Å². The molecule has 2 aliphatic rings. The lowest BCUT2D eigenvalue weighted by Crippen LogP contribution is -2.32. The first-order valence-electron chi connectivity index (χ1n) is 15.3. The van der Waals surface area contributed by atoms with Crippen LogP contribution in [0.5, 0.6) is 5.75 Å². The van der Waals surface area contributed by atoms with Gasteiger partial charge in [0.1, 0.15) is 11.5 Å². The van der Waals surface area contributed by atoms with Crippen molar-refractivity contribution in [1.29, 1.82) is 0 Å². The molecule has 0 amide bonds. The van der Waals surface area contributed by atoms with Gasteiger partial charge in [-0.1, -0.05) is 37.8 Å². The third-order valence-corrected chi connectivity index (χ3v) is 8.59. The van der Waals surface area contributed by atoms with E-state index in [2.05, 4.69) is 22.2 Å². The molecular weight excluding hydrogens is 549 g/mol. The number of Topliss-reactive ketones (excluding diaryl/α,β-unsaturated/α-hetero) is 1. The number of ether oxygens (including phenoxy) is 2. The van der Waals surface area contributed by atoms with Crippen molar-refractivity contribution in [2.24, 2.45) is 24.8 Å². The summed E-state index contributed by atoms with van der Waals surface area (Å²) in [4.78, 5) is 29.0. The van der Waals surface area contributed by atoms with Gasteiger partial charge in [-0.25, -0.2) is 9.67 Å². The van der Waals surface area contributed by atoms with Crippen LogP contribution >= 0.6 is 0 Å². The second-order valence-electron chi connectivity index (χ2n) is 12.2. The van der Waals surface area contributed by atoms with E-state index in [4.69, 9.17) is 9.47 Å². The number of hydrogen-bond donors (Lipinski definition) is 0. The van der Waals surface area contributed by atoms with E-state index in [0.29, 0.717) is 48.9 Å². The number of aryl methyl sites for hydroxylation is 2. The average molecular weight is 593 g/mol. The van der Waals surface area contributed by atoms with Crippen LogP contribution in [0.2, 0.25) is 0 Å². The second kappa shape index (κ2) is 14.0. The van der Waals surface area contributed by atoms with E-state index < -0.39 is 23.9 Å². The molecule has 2 aromatic rings. The number of ketones is 1. The minimum absolute atomic E-state index is 0.0570. The third-order valence-electron chi connectivity index (χ3n) is 8.59. The molecule has 4 rings (SSSR count). The van der Waals surface area contributed by atoms with Crippen molar-refractivity contribution < 1.29 is 32.2 Å². The van der Waals surface area contributed by atoms with Crippen LogP contribution in [-0.4, -0.2) is 43.9 Å². The van der Waals surface area contributed by atoms with E-state index >= 15 is 0 Å². The van der Waals surface area contributed by atoms with Gasteiger partial charge in [-0.2, -0.15) is 13.2 Å². The Morgan fingerprint density at radius 3 is 2.48 bits per heavy atom. The summed E-state index contributed by atoms with van der Waals surface area (Å²) >= 11 is 0. The van der Waals surface area contributed by atoms with Crippen molar-refractivity contribution in [2.45, 2.75) is 116 Å². The van der Waals surface area contributed by atoms with Gasteiger partial charge in [0.25, 0.3) is 0 Å². The zero-order chi connectivity index (χ0) is 30.4. The minimum Gasteiger partial charge on any atom is -0.488 e. The number of esters is 1. The number of pyridine rings is 1. The summed E-state index contributed by atoms with van der Waals surface area (Å²) in [6.07, 6.45) is 3.39. The average Bonchev–Trinajstić information content (AvgIpc) is 3.60. The van der Waals surface area contributed by atoms with Crippen molar-refractivity contribution in [3.05, 3.63) is 23.5 Å². The first-order valence-corrected chi connectivity index (χ1v) is 15.3. The van der Waals surface area contributed by atoms with Gasteiger partial charge < -0.3 is 9.47 Å². The Morgan fingerprint density at radius 2 is 1.79 bits per heavy atom. The molecule has 232 valence electrons. The van der Waals surface area contributed by atoms with Crippen molar-refractivity contribution in [2.75, 3.05) is 0 Å². The fourth-order valence-electron chi connectivity index (χ4n) is 6.27.